The van der Waals surface area contributed by atoms with E-state index in [4.69, 9.17) is 9.47 Å². The van der Waals surface area contributed by atoms with E-state index in [0.29, 0.717) is 0 Å². The van der Waals surface area contributed by atoms with E-state index in [1.807, 2.05) is 0 Å². The second-order valence-electron chi connectivity index (χ2n) is 11.2. The lowest BCUT2D eigenvalue weighted by atomic mass is 9.78. The summed E-state index contributed by atoms with van der Waals surface area (Å²) in [7, 11) is 0. The van der Waals surface area contributed by atoms with Crippen molar-refractivity contribution in [3.8, 4) is 11.5 Å². The van der Waals surface area contributed by atoms with Gasteiger partial charge in [-0.2, -0.15) is 0 Å². The van der Waals surface area contributed by atoms with Crippen LogP contribution in [-0.2, 0) is 0 Å². The molecule has 33 heavy (non-hydrogen) atoms. The van der Waals surface area contributed by atoms with Crippen LogP contribution in [0.25, 0.3) is 0 Å². The summed E-state index contributed by atoms with van der Waals surface area (Å²) in [6.07, 6.45) is 23.7. The Morgan fingerprint density at radius 3 is 1.64 bits per heavy atom. The Morgan fingerprint density at radius 2 is 1.06 bits per heavy atom. The number of hydrogen-bond donors (Lipinski definition) is 0. The molecule has 2 fully saturated rings. The molecule has 0 atom stereocenters. The van der Waals surface area contributed by atoms with Crippen LogP contribution in [0.5, 0.6) is 11.5 Å². The summed E-state index contributed by atoms with van der Waals surface area (Å²) in [5.41, 5.74) is 0. The molecule has 188 valence electrons. The van der Waals surface area contributed by atoms with Crippen LogP contribution < -0.4 is 9.47 Å². The molecule has 0 amide bonds. The van der Waals surface area contributed by atoms with Crippen molar-refractivity contribution in [1.29, 1.82) is 0 Å². The van der Waals surface area contributed by atoms with E-state index in [-0.39, 0.29) is 0 Å². The summed E-state index contributed by atoms with van der Waals surface area (Å²) in [4.78, 5) is 0. The molecule has 2 nitrogen and oxygen atoms in total. The predicted molar refractivity (Wildman–Crippen MR) is 141 cm³/mol. The average Bonchev–Trinajstić information content (AvgIpc) is 2.86. The second kappa shape index (κ2) is 15.7. The highest BCUT2D eigenvalue weighted by molar-refractivity contribution is 5.31. The van der Waals surface area contributed by atoms with Crippen molar-refractivity contribution in [3.63, 3.8) is 0 Å². The Balaban J connectivity index is 1.22. The molecule has 2 heteroatoms. The molecule has 1 aromatic carbocycles. The average molecular weight is 457 g/mol. The van der Waals surface area contributed by atoms with Gasteiger partial charge in [-0.05, 0) is 73.6 Å². The number of hydrogen-bond acceptors (Lipinski definition) is 2. The van der Waals surface area contributed by atoms with Gasteiger partial charge in [0.1, 0.15) is 11.5 Å². The molecule has 0 bridgehead atoms. The van der Waals surface area contributed by atoms with Gasteiger partial charge in [-0.1, -0.05) is 97.3 Å². The van der Waals surface area contributed by atoms with E-state index in [1.165, 1.54) is 109 Å². The summed E-state index contributed by atoms with van der Waals surface area (Å²) >= 11 is 0. The highest BCUT2D eigenvalue weighted by atomic mass is 16.5. The van der Waals surface area contributed by atoms with Gasteiger partial charge in [0.15, 0.2) is 0 Å². The first-order valence-electron chi connectivity index (χ1n) is 14.6. The summed E-state index contributed by atoms with van der Waals surface area (Å²) in [6, 6.07) is 8.34. The molecule has 0 aromatic heterocycles. The minimum absolute atomic E-state index is 0.741. The summed E-state index contributed by atoms with van der Waals surface area (Å²) < 4.78 is 12.1. The maximum absolute atomic E-state index is 6.12. The van der Waals surface area contributed by atoms with Gasteiger partial charge in [-0.25, -0.2) is 0 Å². The van der Waals surface area contributed by atoms with E-state index in [9.17, 15) is 0 Å². The molecule has 0 aliphatic heterocycles. The fourth-order valence-electron chi connectivity index (χ4n) is 6.17. The molecule has 0 heterocycles. The van der Waals surface area contributed by atoms with Crippen molar-refractivity contribution in [1.82, 2.24) is 0 Å². The Morgan fingerprint density at radius 1 is 0.545 bits per heavy atom. The summed E-state index contributed by atoms with van der Waals surface area (Å²) in [6.45, 7) is 6.34. The third kappa shape index (κ3) is 10.3. The number of benzene rings is 1. The highest BCUT2D eigenvalue weighted by Gasteiger charge is 2.22. The van der Waals surface area contributed by atoms with Crippen molar-refractivity contribution < 1.29 is 9.47 Å². The molecule has 0 unspecified atom stereocenters. The first-order valence-corrected chi connectivity index (χ1v) is 14.6. The van der Waals surface area contributed by atoms with Crippen molar-refractivity contribution >= 4 is 0 Å². The van der Waals surface area contributed by atoms with Gasteiger partial charge < -0.3 is 9.47 Å². The van der Waals surface area contributed by atoms with Crippen LogP contribution in [-0.4, -0.2) is 13.2 Å². The lowest BCUT2D eigenvalue weighted by Gasteiger charge is -2.28. The zero-order chi connectivity index (χ0) is 23.1. The Hall–Kier alpha value is -1.18. The van der Waals surface area contributed by atoms with E-state index in [1.54, 1.807) is 0 Å². The smallest absolute Gasteiger partial charge is 0.119 e. The van der Waals surface area contributed by atoms with Gasteiger partial charge in [-0.3, -0.25) is 0 Å². The van der Waals surface area contributed by atoms with Crippen LogP contribution in [0.4, 0.5) is 0 Å². The van der Waals surface area contributed by atoms with Gasteiger partial charge in [0.05, 0.1) is 13.2 Å². The predicted octanol–water partition coefficient (Wildman–Crippen LogP) is 9.61. The standard InChI is InChI=1S/C31H52O2/c1-3-5-6-7-10-27-16-18-29(19-17-27)25-33-31-22-20-30(21-23-31)32-24-8-11-28-14-12-26(9-4-2)13-15-28/h20-23,26-29H,3-19,24-25H2,1-2H3. The van der Waals surface area contributed by atoms with Crippen molar-refractivity contribution in [2.75, 3.05) is 13.2 Å². The van der Waals surface area contributed by atoms with E-state index in [2.05, 4.69) is 38.1 Å². The monoisotopic (exact) mass is 456 g/mol. The first-order chi connectivity index (χ1) is 16.3. The molecule has 2 aliphatic carbocycles. The van der Waals surface area contributed by atoms with E-state index < -0.39 is 0 Å². The topological polar surface area (TPSA) is 18.5 Å². The van der Waals surface area contributed by atoms with Gasteiger partial charge in [-0.15, -0.1) is 0 Å². The van der Waals surface area contributed by atoms with Gasteiger partial charge in [0, 0.05) is 0 Å². The van der Waals surface area contributed by atoms with Crippen molar-refractivity contribution in [3.05, 3.63) is 24.3 Å². The van der Waals surface area contributed by atoms with Crippen LogP contribution in [0.3, 0.4) is 0 Å². The number of rotatable bonds is 15. The first kappa shape index (κ1) is 26.4. The normalized spacial score (nSPS) is 25.6. The number of ether oxygens (including phenoxy) is 2. The molecule has 0 radical (unpaired) electrons. The second-order valence-corrected chi connectivity index (χ2v) is 11.2. The van der Waals surface area contributed by atoms with Crippen molar-refractivity contribution in [2.45, 2.75) is 123 Å². The minimum atomic E-state index is 0.741. The molecule has 0 saturated heterocycles. The Kier molecular flexibility index (Phi) is 12.5. The molecule has 1 aromatic rings. The molecular formula is C31H52O2. The van der Waals surface area contributed by atoms with Gasteiger partial charge in [0.25, 0.3) is 0 Å². The lowest BCUT2D eigenvalue weighted by Crippen LogP contribution is -2.20. The summed E-state index contributed by atoms with van der Waals surface area (Å²) in [5.74, 6) is 5.65. The maximum Gasteiger partial charge on any atom is 0.119 e. The third-order valence-electron chi connectivity index (χ3n) is 8.43. The molecule has 0 N–H and O–H groups in total. The van der Waals surface area contributed by atoms with Crippen LogP contribution >= 0.6 is 0 Å². The fourth-order valence-corrected chi connectivity index (χ4v) is 6.17. The largest absolute Gasteiger partial charge is 0.494 e. The quantitative estimate of drug-likeness (QED) is 0.245. The van der Waals surface area contributed by atoms with Gasteiger partial charge >= 0.3 is 0 Å². The van der Waals surface area contributed by atoms with Crippen LogP contribution in [0.15, 0.2) is 24.3 Å². The van der Waals surface area contributed by atoms with Crippen LogP contribution in [0.2, 0.25) is 0 Å². The van der Waals surface area contributed by atoms with Crippen LogP contribution in [0.1, 0.15) is 123 Å². The number of unbranched alkanes of at least 4 members (excludes halogenated alkanes) is 3. The zero-order valence-corrected chi connectivity index (χ0v) is 21.9. The summed E-state index contributed by atoms with van der Waals surface area (Å²) in [5, 5.41) is 0. The lowest BCUT2D eigenvalue weighted by molar-refractivity contribution is 0.177. The molecule has 3 rings (SSSR count). The fraction of sp³-hybridized carbons (Fsp3) is 0.806. The molecule has 2 saturated carbocycles. The van der Waals surface area contributed by atoms with E-state index in [0.717, 1.165) is 48.4 Å². The molecular weight excluding hydrogens is 404 g/mol. The SMILES string of the molecule is CCCCCCC1CCC(COc2ccc(OCCCC3CCC(CCC)CC3)cc2)CC1. The maximum atomic E-state index is 6.12. The van der Waals surface area contributed by atoms with Crippen molar-refractivity contribution in [2.24, 2.45) is 23.7 Å². The minimum Gasteiger partial charge on any atom is -0.494 e. The Labute approximate surface area is 205 Å². The zero-order valence-electron chi connectivity index (χ0n) is 21.9. The Bertz CT molecular complexity index is 594. The van der Waals surface area contributed by atoms with Crippen LogP contribution in [0, 0.1) is 23.7 Å². The molecule has 0 spiro atoms. The van der Waals surface area contributed by atoms with E-state index >= 15 is 0 Å². The van der Waals surface area contributed by atoms with Gasteiger partial charge in [0.2, 0.25) is 0 Å². The highest BCUT2D eigenvalue weighted by Crippen LogP contribution is 2.34. The molecule has 2 aliphatic rings. The third-order valence-corrected chi connectivity index (χ3v) is 8.43.